The third kappa shape index (κ3) is 16.1. The summed E-state index contributed by atoms with van der Waals surface area (Å²) in [6.07, 6.45) is 2.72. The number of pyridine rings is 1. The number of halogens is 1. The van der Waals surface area contributed by atoms with Crippen molar-refractivity contribution in [3.8, 4) is 11.1 Å². The van der Waals surface area contributed by atoms with E-state index in [0.29, 0.717) is 34.5 Å². The molecule has 0 unspecified atom stereocenters. The summed E-state index contributed by atoms with van der Waals surface area (Å²) >= 11 is 0. The van der Waals surface area contributed by atoms with Gasteiger partial charge in [-0.25, -0.2) is 14.2 Å². The second kappa shape index (κ2) is 26.7. The predicted octanol–water partition coefficient (Wildman–Crippen LogP) is 6.43. The molecule has 0 saturated carbocycles. The molecule has 1 aliphatic heterocycles. The van der Waals surface area contributed by atoms with Gasteiger partial charge in [-0.1, -0.05) is 91.3 Å². The van der Waals surface area contributed by atoms with Crippen molar-refractivity contribution in [3.05, 3.63) is 154 Å². The Labute approximate surface area is 431 Å². The average molecular weight is 1010 g/mol. The van der Waals surface area contributed by atoms with E-state index in [9.17, 15) is 28.8 Å². The van der Waals surface area contributed by atoms with Crippen molar-refractivity contribution >= 4 is 47.4 Å². The Morgan fingerprint density at radius 2 is 1.55 bits per heavy atom. The van der Waals surface area contributed by atoms with Crippen LogP contribution in [0.3, 0.4) is 0 Å². The van der Waals surface area contributed by atoms with Crippen LogP contribution in [0.15, 0.2) is 108 Å². The Kier molecular flexibility index (Phi) is 20.1. The van der Waals surface area contributed by atoms with Gasteiger partial charge in [0.05, 0.1) is 36.7 Å². The molecule has 0 aliphatic carbocycles. The molecule has 0 atom stereocenters. The lowest BCUT2D eigenvalue weighted by Crippen LogP contribution is -2.52. The number of nitrogens with zero attached hydrogens (tertiary/aromatic N) is 5. The van der Waals surface area contributed by atoms with E-state index in [2.05, 4.69) is 38.4 Å². The fraction of sp³-hybridized carbons (Fsp3) is 0.357. The van der Waals surface area contributed by atoms with Gasteiger partial charge in [-0.05, 0) is 74.6 Å². The first-order valence-electron chi connectivity index (χ1n) is 24.7. The summed E-state index contributed by atoms with van der Waals surface area (Å²) in [6.45, 7) is 10.9. The van der Waals surface area contributed by atoms with Crippen LogP contribution in [0.1, 0.15) is 86.7 Å². The van der Waals surface area contributed by atoms with Crippen LogP contribution in [-0.4, -0.2) is 140 Å². The van der Waals surface area contributed by atoms with Gasteiger partial charge in [0, 0.05) is 82.2 Å². The zero-order valence-electron chi connectivity index (χ0n) is 43.0. The van der Waals surface area contributed by atoms with E-state index in [1.807, 2.05) is 55.5 Å². The van der Waals surface area contributed by atoms with Crippen LogP contribution >= 0.6 is 0 Å². The van der Waals surface area contributed by atoms with Crippen LogP contribution in [0.25, 0.3) is 11.1 Å². The Hall–Kier alpha value is -7.83. The van der Waals surface area contributed by atoms with E-state index in [4.69, 9.17) is 9.47 Å². The number of hydrogen-bond acceptors (Lipinski definition) is 12. The maximum atomic E-state index is 15.1. The van der Waals surface area contributed by atoms with E-state index < -0.39 is 35.2 Å². The molecule has 0 spiro atoms. The number of benzene rings is 4. The molecule has 390 valence electrons. The Morgan fingerprint density at radius 1 is 0.824 bits per heavy atom. The second-order valence-corrected chi connectivity index (χ2v) is 18.7. The van der Waals surface area contributed by atoms with Crippen LogP contribution in [0, 0.1) is 12.7 Å². The van der Waals surface area contributed by atoms with Gasteiger partial charge in [0.1, 0.15) is 18.0 Å². The van der Waals surface area contributed by atoms with Gasteiger partial charge in [0.25, 0.3) is 11.8 Å². The van der Waals surface area contributed by atoms with Crippen molar-refractivity contribution in [3.63, 3.8) is 0 Å². The van der Waals surface area contributed by atoms with E-state index >= 15 is 4.39 Å². The van der Waals surface area contributed by atoms with E-state index in [1.165, 1.54) is 21.9 Å². The molecule has 17 nitrogen and oxygen atoms in total. The molecule has 4 aromatic carbocycles. The highest BCUT2D eigenvalue weighted by molar-refractivity contribution is 6.07. The monoisotopic (exact) mass is 1010 g/mol. The zero-order valence-corrected chi connectivity index (χ0v) is 43.0. The highest BCUT2D eigenvalue weighted by Gasteiger charge is 2.28. The number of anilines is 1. The van der Waals surface area contributed by atoms with Crippen molar-refractivity contribution in [1.82, 2.24) is 35.7 Å². The van der Waals surface area contributed by atoms with Crippen LogP contribution in [0.5, 0.6) is 0 Å². The number of aromatic nitrogens is 1. The zero-order chi connectivity index (χ0) is 53.2. The number of ether oxygens (including phenoxy) is 2. The number of amides is 5. The third-order valence-electron chi connectivity index (χ3n) is 11.9. The summed E-state index contributed by atoms with van der Waals surface area (Å²) in [5, 5.41) is 13.1. The van der Waals surface area contributed by atoms with Crippen molar-refractivity contribution in [1.29, 1.82) is 0 Å². The lowest BCUT2D eigenvalue weighted by Gasteiger charge is -2.35. The fourth-order valence-corrected chi connectivity index (χ4v) is 8.21. The van der Waals surface area contributed by atoms with Crippen LogP contribution in [0.2, 0.25) is 0 Å². The number of hydrogen-bond donors (Lipinski definition) is 4. The Bertz CT molecular complexity index is 2820. The van der Waals surface area contributed by atoms with Crippen molar-refractivity contribution in [2.24, 2.45) is 5.10 Å². The molecule has 18 heteroatoms. The number of aryl methyl sites for hydroxylation is 2. The summed E-state index contributed by atoms with van der Waals surface area (Å²) in [6, 6.07) is 28.6. The van der Waals surface area contributed by atoms with Crippen molar-refractivity contribution < 1.29 is 42.6 Å². The van der Waals surface area contributed by atoms with Crippen LogP contribution in [-0.2, 0) is 38.4 Å². The minimum absolute atomic E-state index is 0.0253. The van der Waals surface area contributed by atoms with Crippen molar-refractivity contribution in [2.75, 3.05) is 77.9 Å². The molecule has 1 aromatic heterocycles. The fourth-order valence-electron chi connectivity index (χ4n) is 8.21. The molecule has 1 aliphatic rings. The highest BCUT2D eigenvalue weighted by Crippen LogP contribution is 2.26. The third-order valence-corrected chi connectivity index (χ3v) is 11.9. The molecular weight excluding hydrogens is 946 g/mol. The molecule has 0 radical (unpaired) electrons. The average Bonchev–Trinajstić information content (AvgIpc) is 3.38. The number of carbonyl (C=O) groups excluding carboxylic acids is 6. The molecule has 5 amide bonds. The van der Waals surface area contributed by atoms with Gasteiger partial charge < -0.3 is 40.6 Å². The molecule has 6 rings (SSSR count). The maximum Gasteiger partial charge on any atom is 0.411 e. The highest BCUT2D eigenvalue weighted by atomic mass is 19.1. The number of rotatable bonds is 22. The first-order valence-corrected chi connectivity index (χ1v) is 24.7. The maximum absolute atomic E-state index is 15.1. The molecule has 74 heavy (non-hydrogen) atoms. The van der Waals surface area contributed by atoms with Gasteiger partial charge >= 0.3 is 6.09 Å². The largest absolute Gasteiger partial charge is 0.444 e. The molecule has 4 N–H and O–H groups in total. The minimum Gasteiger partial charge on any atom is -0.444 e. The van der Waals surface area contributed by atoms with Crippen molar-refractivity contribution in [2.45, 2.75) is 59.6 Å². The molecular formula is C56H66FN9O8. The first kappa shape index (κ1) is 55.5. The lowest BCUT2D eigenvalue weighted by molar-refractivity contribution is -0.131. The minimum atomic E-state index is -0.803. The normalized spacial score (nSPS) is 12.7. The lowest BCUT2D eigenvalue weighted by atomic mass is 9.97. The number of hydrazone groups is 1. The molecule has 0 bridgehead atoms. The molecule has 1 fully saturated rings. The summed E-state index contributed by atoms with van der Waals surface area (Å²) in [7, 11) is 1.64. The summed E-state index contributed by atoms with van der Waals surface area (Å²) < 4.78 is 26.5. The Balaban J connectivity index is 0.965. The molecule has 2 heterocycles. The standard InChI is InChI=1S/C56H66FN9O8/c1-7-39-13-11-16-42(29-39)44-32-49(62-50(68)36-66(55(72)74-56(3,4)5)35-41-14-10-12-38(2)28-41)52(61-33-44)53(70)60-21-27-73-26-20-59-34-51(69)64-22-24-65(25-23-64)54(71)46-30-40(18-19-47(46)57)31-48(63-58-6)45-17-9-8-15-43(45)37-67/h8-19,28-30,32-33,37,58-59H,7,20-27,31,34-36H2,1-6H3,(H,60,70)(H,62,68)/b63-48-. The van der Waals surface area contributed by atoms with Gasteiger partial charge in [0.2, 0.25) is 11.8 Å². The van der Waals surface area contributed by atoms with Crippen LogP contribution < -0.4 is 21.4 Å². The molecule has 1 saturated heterocycles. The molecule has 5 aromatic rings. The van der Waals surface area contributed by atoms with Gasteiger partial charge in [0.15, 0.2) is 12.0 Å². The predicted molar refractivity (Wildman–Crippen MR) is 282 cm³/mol. The number of carbonyl (C=O) groups is 6. The SMILES string of the molecule is CCc1cccc(-c2cnc(C(=O)NCCOCCNCC(=O)N3CCN(C(=O)c4cc(C/C(=N/NC)c5ccccc5C=O)ccc4F)CC3)c(NC(=O)CN(Cc3cccc(C)c3)C(=O)OC(C)(C)C)c2)c1. The van der Waals surface area contributed by atoms with Gasteiger partial charge in [-0.3, -0.25) is 28.9 Å². The van der Waals surface area contributed by atoms with Crippen LogP contribution in [0.4, 0.5) is 14.9 Å². The van der Waals surface area contributed by atoms with E-state index in [0.717, 1.165) is 35.0 Å². The van der Waals surface area contributed by atoms with Gasteiger partial charge in [-0.2, -0.15) is 5.10 Å². The summed E-state index contributed by atoms with van der Waals surface area (Å²) in [5.74, 6) is -2.40. The van der Waals surface area contributed by atoms with E-state index in [-0.39, 0.29) is 94.8 Å². The quantitative estimate of drug-likeness (QED) is 0.0257. The van der Waals surface area contributed by atoms with E-state index in [1.54, 1.807) is 75.3 Å². The Morgan fingerprint density at radius 3 is 2.28 bits per heavy atom. The summed E-state index contributed by atoms with van der Waals surface area (Å²) in [4.78, 5) is 88.1. The number of aldehydes is 1. The van der Waals surface area contributed by atoms with Gasteiger partial charge in [-0.15, -0.1) is 0 Å². The second-order valence-electron chi connectivity index (χ2n) is 18.7. The first-order chi connectivity index (χ1) is 35.5. The number of piperazine rings is 1. The smallest absolute Gasteiger partial charge is 0.411 e. The summed E-state index contributed by atoms with van der Waals surface area (Å²) in [5.41, 5.74) is 8.74. The topological polar surface area (TPSA) is 204 Å². The number of nitrogens with one attached hydrogen (secondary N) is 4.